The Kier molecular flexibility index (Phi) is 8.72. The van der Waals surface area contributed by atoms with Crippen LogP contribution < -0.4 is 5.73 Å². The summed E-state index contributed by atoms with van der Waals surface area (Å²) in [6.07, 6.45) is 4.94. The van der Waals surface area contributed by atoms with Crippen molar-refractivity contribution in [3.63, 3.8) is 0 Å². The number of aryl methyl sites for hydroxylation is 4. The Hall–Kier alpha value is -2.76. The molecule has 1 aromatic heterocycles. The fourth-order valence-corrected chi connectivity index (χ4v) is 3.42. The van der Waals surface area contributed by atoms with E-state index in [1.54, 1.807) is 26.0 Å². The lowest BCUT2D eigenvalue weighted by Gasteiger charge is -2.11. The van der Waals surface area contributed by atoms with Crippen LogP contribution in [0.4, 0.5) is 18.9 Å². The van der Waals surface area contributed by atoms with Crippen LogP contribution in [0.3, 0.4) is 0 Å². The summed E-state index contributed by atoms with van der Waals surface area (Å²) in [5, 5.41) is 4.47. The number of halogens is 3. The molecule has 2 aromatic rings. The molecular formula is C25H32F3N3. The Morgan fingerprint density at radius 2 is 1.87 bits per heavy atom. The van der Waals surface area contributed by atoms with E-state index in [1.807, 2.05) is 42.8 Å². The molecule has 3 nitrogen and oxygen atoms in total. The van der Waals surface area contributed by atoms with E-state index in [2.05, 4.69) is 5.10 Å². The van der Waals surface area contributed by atoms with E-state index in [0.717, 1.165) is 48.3 Å². The van der Waals surface area contributed by atoms with Crippen LogP contribution >= 0.6 is 0 Å². The summed E-state index contributed by atoms with van der Waals surface area (Å²) >= 11 is 0. The van der Waals surface area contributed by atoms with Crippen LogP contribution in [0, 0.1) is 13.8 Å². The molecule has 0 saturated carbocycles. The van der Waals surface area contributed by atoms with Crippen LogP contribution in [0.1, 0.15) is 55.6 Å². The number of rotatable bonds is 4. The van der Waals surface area contributed by atoms with Crippen molar-refractivity contribution >= 4 is 11.3 Å². The third-order valence-corrected chi connectivity index (χ3v) is 5.16. The lowest BCUT2D eigenvalue weighted by molar-refractivity contribution is -0.0883. The number of nitrogens with zero attached hydrogens (tertiary/aromatic N) is 2. The maximum absolute atomic E-state index is 13.1. The van der Waals surface area contributed by atoms with Gasteiger partial charge >= 0.3 is 6.18 Å². The molecule has 31 heavy (non-hydrogen) atoms. The summed E-state index contributed by atoms with van der Waals surface area (Å²) in [5.41, 5.74) is 10.5. The van der Waals surface area contributed by atoms with Gasteiger partial charge in [0.2, 0.25) is 0 Å². The van der Waals surface area contributed by atoms with E-state index in [-0.39, 0.29) is 0 Å². The monoisotopic (exact) mass is 431 g/mol. The fourth-order valence-electron chi connectivity index (χ4n) is 3.42. The molecule has 0 spiro atoms. The number of anilines is 1. The molecular weight excluding hydrogens is 399 g/mol. The predicted octanol–water partition coefficient (Wildman–Crippen LogP) is 6.96. The smallest absolute Gasteiger partial charge is 0.398 e. The molecule has 2 heterocycles. The zero-order chi connectivity index (χ0) is 23.0. The Balaban J connectivity index is 0.000000316. The second-order valence-electron chi connectivity index (χ2n) is 7.67. The summed E-state index contributed by atoms with van der Waals surface area (Å²) in [5.74, 6) is 0. The van der Waals surface area contributed by atoms with Gasteiger partial charge < -0.3 is 5.73 Å². The Bertz CT molecular complexity index is 919. The molecule has 6 heteroatoms. The number of hydrogen-bond donors (Lipinski definition) is 1. The van der Waals surface area contributed by atoms with E-state index >= 15 is 0 Å². The fraction of sp³-hybridized carbons (Fsp3) is 0.400. The van der Waals surface area contributed by atoms with Gasteiger partial charge in [-0.05, 0) is 69.7 Å². The standard InChI is InChI=1S/C17H21F3N2.C8H11N/c1-3-7-13(11-14(8-4-2)17(18,19)20)16-12-15-9-5-6-10-22(15)21-16;1-6-4-3-5-7(2)8(6)9/h3,7-8,11-12H,4-6,9-10H2,1-2H3;3-5H,9H2,1-2H3/b7-3-,13-11+,14-8-;. The lowest BCUT2D eigenvalue weighted by Crippen LogP contribution is -2.11. The zero-order valence-electron chi connectivity index (χ0n) is 18.8. The molecule has 1 aliphatic heterocycles. The number of nitrogen functional groups attached to an aromatic ring is 1. The molecule has 0 amide bonds. The number of hydrogen-bond acceptors (Lipinski definition) is 2. The molecule has 0 unspecified atom stereocenters. The molecule has 0 saturated heterocycles. The van der Waals surface area contributed by atoms with Crippen molar-refractivity contribution < 1.29 is 13.2 Å². The molecule has 1 aliphatic rings. The van der Waals surface area contributed by atoms with Crippen molar-refractivity contribution in [2.45, 2.75) is 66.1 Å². The molecule has 0 fully saturated rings. The molecule has 1 aromatic carbocycles. The third-order valence-electron chi connectivity index (χ3n) is 5.16. The number of fused-ring (bicyclic) bond motifs is 1. The van der Waals surface area contributed by atoms with Gasteiger partial charge in [-0.25, -0.2) is 0 Å². The zero-order valence-corrected chi connectivity index (χ0v) is 18.8. The van der Waals surface area contributed by atoms with Crippen molar-refractivity contribution in [3.05, 3.63) is 76.7 Å². The molecule has 3 rings (SSSR count). The topological polar surface area (TPSA) is 43.8 Å². The summed E-state index contributed by atoms with van der Waals surface area (Å²) in [6, 6.07) is 7.95. The van der Waals surface area contributed by atoms with Gasteiger partial charge in [-0.1, -0.05) is 43.4 Å². The van der Waals surface area contributed by atoms with E-state index in [1.165, 1.54) is 12.2 Å². The molecule has 0 atom stereocenters. The first kappa shape index (κ1) is 24.5. The van der Waals surface area contributed by atoms with Gasteiger partial charge in [0, 0.05) is 23.5 Å². The second-order valence-corrected chi connectivity index (χ2v) is 7.67. The van der Waals surface area contributed by atoms with Gasteiger partial charge in [-0.15, -0.1) is 0 Å². The van der Waals surface area contributed by atoms with Crippen LogP contribution in [0.5, 0.6) is 0 Å². The SMILES string of the molecule is C\C=C/C(=C\C(=C\CC)C(F)(F)F)c1cc2n(n1)CCCC2.Cc1cccc(C)c1N. The van der Waals surface area contributed by atoms with Crippen LogP contribution in [-0.2, 0) is 13.0 Å². The van der Waals surface area contributed by atoms with E-state index in [9.17, 15) is 13.2 Å². The highest BCUT2D eigenvalue weighted by Gasteiger charge is 2.32. The minimum absolute atomic E-state index is 0.341. The van der Waals surface area contributed by atoms with Crippen LogP contribution in [-0.4, -0.2) is 16.0 Å². The van der Waals surface area contributed by atoms with Crippen molar-refractivity contribution in [1.29, 1.82) is 0 Å². The number of allylic oxidation sites excluding steroid dienone is 6. The average molecular weight is 432 g/mol. The average Bonchev–Trinajstić information content (AvgIpc) is 3.15. The summed E-state index contributed by atoms with van der Waals surface area (Å²) in [4.78, 5) is 0. The van der Waals surface area contributed by atoms with Crippen molar-refractivity contribution in [3.8, 4) is 0 Å². The maximum Gasteiger partial charge on any atom is 0.416 e. The number of para-hydroxylation sites is 1. The van der Waals surface area contributed by atoms with Gasteiger partial charge in [0.05, 0.1) is 11.3 Å². The first-order valence-electron chi connectivity index (χ1n) is 10.7. The highest BCUT2D eigenvalue weighted by atomic mass is 19.4. The van der Waals surface area contributed by atoms with Gasteiger partial charge in [0.15, 0.2) is 0 Å². The molecule has 2 N–H and O–H groups in total. The number of aromatic nitrogens is 2. The van der Waals surface area contributed by atoms with E-state index in [4.69, 9.17) is 5.73 Å². The second kappa shape index (κ2) is 11.0. The summed E-state index contributed by atoms with van der Waals surface area (Å²) < 4.78 is 41.2. The van der Waals surface area contributed by atoms with Crippen LogP contribution in [0.15, 0.2) is 54.1 Å². The van der Waals surface area contributed by atoms with Gasteiger partial charge in [0.1, 0.15) is 0 Å². The normalized spacial score (nSPS) is 14.9. The van der Waals surface area contributed by atoms with E-state index < -0.39 is 11.7 Å². The van der Waals surface area contributed by atoms with Crippen LogP contribution in [0.25, 0.3) is 5.57 Å². The molecule has 168 valence electrons. The minimum atomic E-state index is -4.35. The number of nitrogens with two attached hydrogens (primary N) is 1. The maximum atomic E-state index is 13.1. The van der Waals surface area contributed by atoms with Gasteiger partial charge in [0.25, 0.3) is 0 Å². The van der Waals surface area contributed by atoms with Crippen LogP contribution in [0.2, 0.25) is 0 Å². The number of alkyl halides is 3. The quantitative estimate of drug-likeness (QED) is 0.420. The van der Waals surface area contributed by atoms with Crippen molar-refractivity contribution in [2.24, 2.45) is 0 Å². The first-order chi connectivity index (χ1) is 14.7. The Morgan fingerprint density at radius 3 is 2.39 bits per heavy atom. The highest BCUT2D eigenvalue weighted by Crippen LogP contribution is 2.30. The Morgan fingerprint density at radius 1 is 1.19 bits per heavy atom. The predicted molar refractivity (Wildman–Crippen MR) is 123 cm³/mol. The van der Waals surface area contributed by atoms with Crippen molar-refractivity contribution in [1.82, 2.24) is 9.78 Å². The highest BCUT2D eigenvalue weighted by molar-refractivity contribution is 5.74. The summed E-state index contributed by atoms with van der Waals surface area (Å²) in [6.45, 7) is 8.37. The third kappa shape index (κ3) is 6.88. The molecule has 0 bridgehead atoms. The minimum Gasteiger partial charge on any atom is -0.398 e. The van der Waals surface area contributed by atoms with Crippen molar-refractivity contribution in [2.75, 3.05) is 5.73 Å². The molecule has 0 aliphatic carbocycles. The summed E-state index contributed by atoms with van der Waals surface area (Å²) in [7, 11) is 0. The Labute approximate surface area is 183 Å². The number of benzene rings is 1. The van der Waals surface area contributed by atoms with Gasteiger partial charge in [-0.2, -0.15) is 18.3 Å². The first-order valence-corrected chi connectivity index (χ1v) is 10.7. The molecule has 0 radical (unpaired) electrons. The van der Waals surface area contributed by atoms with Gasteiger partial charge in [-0.3, -0.25) is 4.68 Å². The van der Waals surface area contributed by atoms with E-state index in [0.29, 0.717) is 17.7 Å². The lowest BCUT2D eigenvalue weighted by atomic mass is 10.0. The largest absolute Gasteiger partial charge is 0.416 e.